The zero-order chi connectivity index (χ0) is 33.2. The van der Waals surface area contributed by atoms with Crippen LogP contribution in [0.1, 0.15) is 35.2 Å². The van der Waals surface area contributed by atoms with E-state index in [0.29, 0.717) is 16.1 Å². The lowest BCUT2D eigenvalue weighted by Gasteiger charge is -2.26. The first-order valence-electron chi connectivity index (χ1n) is 13.5. The molecule has 0 radical (unpaired) electrons. The lowest BCUT2D eigenvalue weighted by molar-refractivity contribution is -0.140. The Morgan fingerprint density at radius 2 is 1.83 bits per heavy atom. The summed E-state index contributed by atoms with van der Waals surface area (Å²) >= 11 is 13.3. The number of nitrogens with zero attached hydrogens (tertiary/aromatic N) is 3. The van der Waals surface area contributed by atoms with Gasteiger partial charge in [0.2, 0.25) is 0 Å². The quantitative estimate of drug-likeness (QED) is 0.207. The average molecular weight is 689 g/mol. The summed E-state index contributed by atoms with van der Waals surface area (Å²) in [5, 5.41) is 9.45. The van der Waals surface area contributed by atoms with Crippen LogP contribution < -0.4 is 24.4 Å². The van der Waals surface area contributed by atoms with Crippen LogP contribution in [-0.4, -0.2) is 30.4 Å². The van der Waals surface area contributed by atoms with Gasteiger partial charge in [-0.05, 0) is 66.1 Å². The topological polar surface area (TPSA) is 103 Å². The van der Waals surface area contributed by atoms with Crippen molar-refractivity contribution in [3.05, 3.63) is 124 Å². The SMILES string of the molecule is CCOC(=O)C1=C(C(F)(F)F)N=c2s/c(=C\c3cc(Cl)c(OCc4ccc(C#N)cc4)c(OC)c3)c(=O)n2[C@H]1c1ccc(Cl)cc1. The summed E-state index contributed by atoms with van der Waals surface area (Å²) < 4.78 is 60.4. The van der Waals surface area contributed by atoms with Gasteiger partial charge in [0.1, 0.15) is 6.61 Å². The number of ether oxygens (including phenoxy) is 3. The molecule has 4 aromatic rings. The summed E-state index contributed by atoms with van der Waals surface area (Å²) in [7, 11) is 1.40. The van der Waals surface area contributed by atoms with Gasteiger partial charge in [-0.3, -0.25) is 9.36 Å². The summed E-state index contributed by atoms with van der Waals surface area (Å²) in [5.74, 6) is -0.784. The van der Waals surface area contributed by atoms with Crippen molar-refractivity contribution in [2.75, 3.05) is 13.7 Å². The number of hydrogen-bond acceptors (Lipinski definition) is 8. The molecular weight excluding hydrogens is 666 g/mol. The van der Waals surface area contributed by atoms with Crippen LogP contribution in [0.2, 0.25) is 10.0 Å². The summed E-state index contributed by atoms with van der Waals surface area (Å²) in [6.07, 6.45) is -3.60. The second-order valence-corrected chi connectivity index (χ2v) is 11.6. The van der Waals surface area contributed by atoms with Crippen LogP contribution in [0.5, 0.6) is 11.5 Å². The van der Waals surface area contributed by atoms with Gasteiger partial charge in [0.25, 0.3) is 5.56 Å². The number of esters is 1. The van der Waals surface area contributed by atoms with E-state index in [2.05, 4.69) is 4.99 Å². The Labute approximate surface area is 273 Å². The van der Waals surface area contributed by atoms with Gasteiger partial charge in [0.15, 0.2) is 22.0 Å². The number of rotatable bonds is 8. The lowest BCUT2D eigenvalue weighted by Crippen LogP contribution is -2.41. The number of nitriles is 1. The maximum absolute atomic E-state index is 14.3. The molecule has 5 rings (SSSR count). The average Bonchev–Trinajstić information content (AvgIpc) is 3.34. The molecule has 1 aromatic heterocycles. The van der Waals surface area contributed by atoms with E-state index in [9.17, 15) is 22.8 Å². The van der Waals surface area contributed by atoms with Crippen LogP contribution in [0.25, 0.3) is 6.08 Å². The molecule has 0 saturated heterocycles. The van der Waals surface area contributed by atoms with Crippen LogP contribution in [0.4, 0.5) is 13.2 Å². The molecule has 3 aromatic carbocycles. The van der Waals surface area contributed by atoms with E-state index >= 15 is 0 Å². The van der Waals surface area contributed by atoms with Crippen LogP contribution in [0, 0.1) is 11.3 Å². The molecular formula is C32H22Cl2F3N3O5S. The molecule has 0 amide bonds. The third-order valence-corrected chi connectivity index (χ3v) is 8.31. The van der Waals surface area contributed by atoms with Crippen molar-refractivity contribution < 1.29 is 32.2 Å². The molecule has 46 heavy (non-hydrogen) atoms. The third kappa shape index (κ3) is 6.67. The first-order chi connectivity index (χ1) is 21.9. The van der Waals surface area contributed by atoms with Gasteiger partial charge >= 0.3 is 12.1 Å². The number of benzene rings is 3. The summed E-state index contributed by atoms with van der Waals surface area (Å²) in [5.41, 5.74) is -1.09. The number of fused-ring (bicyclic) bond motifs is 1. The molecule has 0 unspecified atom stereocenters. The molecule has 0 saturated carbocycles. The molecule has 0 fully saturated rings. The van der Waals surface area contributed by atoms with E-state index in [-0.39, 0.29) is 44.6 Å². The Balaban J connectivity index is 1.62. The Hall–Kier alpha value is -4.57. The second kappa shape index (κ2) is 13.4. The van der Waals surface area contributed by atoms with Crippen molar-refractivity contribution in [3.8, 4) is 17.6 Å². The van der Waals surface area contributed by atoms with E-state index in [0.717, 1.165) is 21.5 Å². The number of carbonyl (C=O) groups excluding carboxylic acids is 1. The molecule has 14 heteroatoms. The summed E-state index contributed by atoms with van der Waals surface area (Å²) in [4.78, 5) is 30.3. The maximum Gasteiger partial charge on any atom is 0.434 e. The highest BCUT2D eigenvalue weighted by molar-refractivity contribution is 7.07. The molecule has 2 heterocycles. The fourth-order valence-corrected chi connectivity index (χ4v) is 6.15. The van der Waals surface area contributed by atoms with E-state index in [1.165, 1.54) is 50.4 Å². The smallest absolute Gasteiger partial charge is 0.434 e. The predicted molar refractivity (Wildman–Crippen MR) is 166 cm³/mol. The van der Waals surface area contributed by atoms with Crippen LogP contribution in [0.15, 0.2) is 81.7 Å². The van der Waals surface area contributed by atoms with E-state index < -0.39 is 35.0 Å². The minimum absolute atomic E-state index is 0.0220. The minimum Gasteiger partial charge on any atom is -0.493 e. The van der Waals surface area contributed by atoms with Gasteiger partial charge in [-0.1, -0.05) is 58.8 Å². The van der Waals surface area contributed by atoms with Gasteiger partial charge in [0, 0.05) is 5.02 Å². The molecule has 1 atom stereocenters. The standard InChI is InChI=1S/C32H22Cl2F3N3O5S/c1-3-44-30(42)25-26(20-8-10-21(33)11-9-20)40-29(41)24(46-31(40)39-28(25)32(35,36)37)14-19-12-22(34)27(23(13-19)43-2)45-16-18-6-4-17(15-38)5-7-18/h4-14,26H,3,16H2,1-2H3/b24-14-/t26-/m0/s1. The van der Waals surface area contributed by atoms with Crippen molar-refractivity contribution in [1.82, 2.24) is 4.57 Å². The highest BCUT2D eigenvalue weighted by Crippen LogP contribution is 2.39. The fourth-order valence-electron chi connectivity index (χ4n) is 4.75. The zero-order valence-corrected chi connectivity index (χ0v) is 26.4. The van der Waals surface area contributed by atoms with Crippen molar-refractivity contribution in [1.29, 1.82) is 5.26 Å². The fraction of sp³-hybridized carbons (Fsp3) is 0.188. The Kier molecular flexibility index (Phi) is 9.58. The van der Waals surface area contributed by atoms with Crippen molar-refractivity contribution >= 4 is 46.6 Å². The highest BCUT2D eigenvalue weighted by Gasteiger charge is 2.45. The third-order valence-electron chi connectivity index (χ3n) is 6.80. The second-order valence-electron chi connectivity index (χ2n) is 9.75. The number of methoxy groups -OCH3 is 1. The van der Waals surface area contributed by atoms with Crippen molar-refractivity contribution in [2.45, 2.75) is 25.7 Å². The maximum atomic E-state index is 14.3. The molecule has 8 nitrogen and oxygen atoms in total. The normalized spacial score (nSPS) is 14.7. The van der Waals surface area contributed by atoms with Gasteiger partial charge in [0.05, 0.1) is 46.5 Å². The molecule has 1 aliphatic heterocycles. The van der Waals surface area contributed by atoms with Gasteiger partial charge in [-0.2, -0.15) is 18.4 Å². The molecule has 0 bridgehead atoms. The molecule has 0 aliphatic carbocycles. The first-order valence-corrected chi connectivity index (χ1v) is 15.1. The van der Waals surface area contributed by atoms with E-state index in [4.69, 9.17) is 42.7 Å². The van der Waals surface area contributed by atoms with Crippen molar-refractivity contribution in [2.24, 2.45) is 4.99 Å². The van der Waals surface area contributed by atoms with Crippen molar-refractivity contribution in [3.63, 3.8) is 0 Å². The molecule has 0 spiro atoms. The number of hydrogen-bond donors (Lipinski definition) is 0. The van der Waals surface area contributed by atoms with Crippen LogP contribution in [0.3, 0.4) is 0 Å². The van der Waals surface area contributed by atoms with Crippen LogP contribution >= 0.6 is 34.5 Å². The molecule has 236 valence electrons. The molecule has 1 aliphatic rings. The zero-order valence-electron chi connectivity index (χ0n) is 24.0. The number of aromatic nitrogens is 1. The Morgan fingerprint density at radius 3 is 2.43 bits per heavy atom. The lowest BCUT2D eigenvalue weighted by atomic mass is 9.95. The summed E-state index contributed by atoms with van der Waals surface area (Å²) in [6.45, 7) is 1.39. The van der Waals surface area contributed by atoms with Crippen LogP contribution in [-0.2, 0) is 16.1 Å². The number of thiazole rings is 1. The minimum atomic E-state index is -5.03. The highest BCUT2D eigenvalue weighted by atomic mass is 35.5. The van der Waals surface area contributed by atoms with E-state index in [1.54, 1.807) is 30.3 Å². The molecule has 0 N–H and O–H groups in total. The van der Waals surface area contributed by atoms with E-state index in [1.807, 2.05) is 6.07 Å². The predicted octanol–water partition coefficient (Wildman–Crippen LogP) is 6.11. The largest absolute Gasteiger partial charge is 0.493 e. The number of halogens is 5. The monoisotopic (exact) mass is 687 g/mol. The summed E-state index contributed by atoms with van der Waals surface area (Å²) in [6, 6.07) is 16.2. The Bertz CT molecular complexity index is 2070. The number of allylic oxidation sites excluding steroid dienone is 1. The van der Waals surface area contributed by atoms with Gasteiger partial charge in [-0.25, -0.2) is 9.79 Å². The number of carbonyl (C=O) groups is 1. The van der Waals surface area contributed by atoms with Gasteiger partial charge in [-0.15, -0.1) is 0 Å². The Morgan fingerprint density at radius 1 is 1.13 bits per heavy atom. The van der Waals surface area contributed by atoms with Gasteiger partial charge < -0.3 is 14.2 Å². The first kappa shape index (κ1) is 32.8. The number of alkyl halides is 3.